The molecule has 5 heteroatoms. The Balaban J connectivity index is 1.63. The highest BCUT2D eigenvalue weighted by atomic mass is 16.6. The van der Waals surface area contributed by atoms with Gasteiger partial charge in [0.15, 0.2) is 17.6 Å². The number of hydrogen-bond acceptors (Lipinski definition) is 4. The van der Waals surface area contributed by atoms with Gasteiger partial charge in [-0.05, 0) is 68.7 Å². The molecule has 138 valence electrons. The minimum Gasteiger partial charge on any atom is -0.486 e. The largest absolute Gasteiger partial charge is 0.486 e. The number of ether oxygens (including phenoxy) is 3. The zero-order valence-corrected chi connectivity index (χ0v) is 15.7. The van der Waals surface area contributed by atoms with Gasteiger partial charge in [-0.2, -0.15) is 0 Å². The number of benzene rings is 2. The van der Waals surface area contributed by atoms with Gasteiger partial charge in [0.05, 0.1) is 6.04 Å². The number of fused-ring (bicyclic) bond motifs is 1. The Morgan fingerprint density at radius 1 is 1.00 bits per heavy atom. The van der Waals surface area contributed by atoms with E-state index in [1.54, 1.807) is 6.92 Å². The van der Waals surface area contributed by atoms with Crippen LogP contribution in [0.15, 0.2) is 36.4 Å². The number of aryl methyl sites for hydroxylation is 2. The smallest absolute Gasteiger partial charge is 0.261 e. The molecule has 26 heavy (non-hydrogen) atoms. The van der Waals surface area contributed by atoms with Crippen molar-refractivity contribution in [3.05, 3.63) is 53.1 Å². The molecular formula is C21H25NO4. The fourth-order valence-electron chi connectivity index (χ4n) is 3.00. The van der Waals surface area contributed by atoms with Gasteiger partial charge < -0.3 is 19.5 Å². The van der Waals surface area contributed by atoms with E-state index in [0.717, 1.165) is 28.2 Å². The standard InChI is InChI=1S/C21H25NO4/c1-13-9-14(2)11-18(10-13)26-16(4)21(23)22-15(3)17-5-6-19-20(12-17)25-8-7-24-19/h5-6,9-12,15-16H,7-8H2,1-4H3,(H,22,23)/t15-,16-/m0/s1. The molecule has 0 radical (unpaired) electrons. The summed E-state index contributed by atoms with van der Waals surface area (Å²) in [5.74, 6) is 2.00. The maximum Gasteiger partial charge on any atom is 0.261 e. The second-order valence-corrected chi connectivity index (χ2v) is 6.72. The fraction of sp³-hybridized carbons (Fsp3) is 0.381. The van der Waals surface area contributed by atoms with Crippen molar-refractivity contribution in [2.45, 2.75) is 39.8 Å². The average molecular weight is 355 g/mol. The third kappa shape index (κ3) is 4.28. The Kier molecular flexibility index (Phi) is 5.35. The maximum atomic E-state index is 12.5. The van der Waals surface area contributed by atoms with Crippen molar-refractivity contribution in [2.24, 2.45) is 0 Å². The van der Waals surface area contributed by atoms with Crippen LogP contribution in [0.2, 0.25) is 0 Å². The molecule has 2 atom stereocenters. The zero-order chi connectivity index (χ0) is 18.7. The molecule has 0 aliphatic carbocycles. The molecule has 0 unspecified atom stereocenters. The number of hydrogen-bond donors (Lipinski definition) is 1. The molecule has 1 aliphatic rings. The molecular weight excluding hydrogens is 330 g/mol. The van der Waals surface area contributed by atoms with Crippen LogP contribution < -0.4 is 19.5 Å². The summed E-state index contributed by atoms with van der Waals surface area (Å²) in [6, 6.07) is 11.5. The van der Waals surface area contributed by atoms with Gasteiger partial charge in [0.2, 0.25) is 0 Å². The predicted octanol–water partition coefficient (Wildman–Crippen LogP) is 3.72. The lowest BCUT2D eigenvalue weighted by molar-refractivity contribution is -0.127. The van der Waals surface area contributed by atoms with Gasteiger partial charge in [0.25, 0.3) is 5.91 Å². The summed E-state index contributed by atoms with van der Waals surface area (Å²) in [5.41, 5.74) is 3.18. The van der Waals surface area contributed by atoms with Crippen LogP contribution in [0.25, 0.3) is 0 Å². The summed E-state index contributed by atoms with van der Waals surface area (Å²) in [6.07, 6.45) is -0.587. The van der Waals surface area contributed by atoms with E-state index < -0.39 is 6.10 Å². The van der Waals surface area contributed by atoms with Crippen molar-refractivity contribution < 1.29 is 19.0 Å². The minimum atomic E-state index is -0.587. The summed E-state index contributed by atoms with van der Waals surface area (Å²) in [6.45, 7) is 8.81. The molecule has 3 rings (SSSR count). The van der Waals surface area contributed by atoms with E-state index in [-0.39, 0.29) is 11.9 Å². The van der Waals surface area contributed by atoms with Gasteiger partial charge in [-0.15, -0.1) is 0 Å². The number of carbonyl (C=O) groups is 1. The van der Waals surface area contributed by atoms with E-state index in [4.69, 9.17) is 14.2 Å². The first-order chi connectivity index (χ1) is 12.4. The summed E-state index contributed by atoms with van der Waals surface area (Å²) < 4.78 is 16.9. The molecule has 2 aromatic carbocycles. The third-order valence-electron chi connectivity index (χ3n) is 4.30. The summed E-state index contributed by atoms with van der Waals surface area (Å²) in [4.78, 5) is 12.5. The summed E-state index contributed by atoms with van der Waals surface area (Å²) in [7, 11) is 0. The molecule has 2 aromatic rings. The van der Waals surface area contributed by atoms with Gasteiger partial charge >= 0.3 is 0 Å². The van der Waals surface area contributed by atoms with E-state index in [1.807, 2.05) is 51.1 Å². The van der Waals surface area contributed by atoms with E-state index in [0.29, 0.717) is 19.0 Å². The van der Waals surface area contributed by atoms with Crippen LogP contribution in [0.4, 0.5) is 0 Å². The van der Waals surface area contributed by atoms with Gasteiger partial charge in [-0.3, -0.25) is 4.79 Å². The Hall–Kier alpha value is -2.69. The highest BCUT2D eigenvalue weighted by Gasteiger charge is 2.20. The quantitative estimate of drug-likeness (QED) is 0.888. The first-order valence-corrected chi connectivity index (χ1v) is 8.87. The highest BCUT2D eigenvalue weighted by Crippen LogP contribution is 2.32. The molecule has 1 N–H and O–H groups in total. The first-order valence-electron chi connectivity index (χ1n) is 8.87. The monoisotopic (exact) mass is 355 g/mol. The van der Waals surface area contributed by atoms with Crippen LogP contribution in [0, 0.1) is 13.8 Å². The molecule has 5 nitrogen and oxygen atoms in total. The molecule has 1 heterocycles. The fourth-order valence-corrected chi connectivity index (χ4v) is 3.00. The van der Waals surface area contributed by atoms with E-state index in [1.165, 1.54) is 0 Å². The summed E-state index contributed by atoms with van der Waals surface area (Å²) in [5, 5.41) is 2.99. The highest BCUT2D eigenvalue weighted by molar-refractivity contribution is 5.81. The average Bonchev–Trinajstić information content (AvgIpc) is 2.60. The van der Waals surface area contributed by atoms with Crippen molar-refractivity contribution in [1.82, 2.24) is 5.32 Å². The van der Waals surface area contributed by atoms with Crippen molar-refractivity contribution in [3.63, 3.8) is 0 Å². The topological polar surface area (TPSA) is 56.8 Å². The summed E-state index contributed by atoms with van der Waals surface area (Å²) >= 11 is 0. The van der Waals surface area contributed by atoms with E-state index in [2.05, 4.69) is 11.4 Å². The molecule has 1 aliphatic heterocycles. The van der Waals surface area contributed by atoms with Crippen LogP contribution in [-0.4, -0.2) is 25.2 Å². The molecule has 0 bridgehead atoms. The van der Waals surface area contributed by atoms with Crippen LogP contribution in [0.5, 0.6) is 17.2 Å². The van der Waals surface area contributed by atoms with Gasteiger partial charge in [0, 0.05) is 0 Å². The number of nitrogens with one attached hydrogen (secondary N) is 1. The number of carbonyl (C=O) groups excluding carboxylic acids is 1. The van der Waals surface area contributed by atoms with Gasteiger partial charge in [-0.1, -0.05) is 12.1 Å². The van der Waals surface area contributed by atoms with Crippen molar-refractivity contribution in [2.75, 3.05) is 13.2 Å². The minimum absolute atomic E-state index is 0.161. The second-order valence-electron chi connectivity index (χ2n) is 6.72. The normalized spacial score (nSPS) is 15.1. The van der Waals surface area contributed by atoms with E-state index in [9.17, 15) is 4.79 Å². The lowest BCUT2D eigenvalue weighted by atomic mass is 10.1. The van der Waals surface area contributed by atoms with Crippen LogP contribution >= 0.6 is 0 Å². The van der Waals surface area contributed by atoms with Crippen LogP contribution in [-0.2, 0) is 4.79 Å². The Morgan fingerprint density at radius 3 is 2.35 bits per heavy atom. The van der Waals surface area contributed by atoms with Gasteiger partial charge in [0.1, 0.15) is 19.0 Å². The third-order valence-corrected chi connectivity index (χ3v) is 4.30. The maximum absolute atomic E-state index is 12.5. The lowest BCUT2D eigenvalue weighted by Gasteiger charge is -2.22. The SMILES string of the molecule is Cc1cc(C)cc(O[C@@H](C)C(=O)N[C@@H](C)c2ccc3c(c2)OCCO3)c1. The Bertz CT molecular complexity index is 782. The lowest BCUT2D eigenvalue weighted by Crippen LogP contribution is -2.37. The van der Waals surface area contributed by atoms with E-state index >= 15 is 0 Å². The molecule has 0 saturated carbocycles. The van der Waals surface area contributed by atoms with Gasteiger partial charge in [-0.25, -0.2) is 0 Å². The molecule has 0 saturated heterocycles. The van der Waals surface area contributed by atoms with Crippen molar-refractivity contribution >= 4 is 5.91 Å². The van der Waals surface area contributed by atoms with Crippen LogP contribution in [0.1, 0.15) is 36.6 Å². The molecule has 0 spiro atoms. The predicted molar refractivity (Wildman–Crippen MR) is 100.0 cm³/mol. The second kappa shape index (κ2) is 7.68. The number of rotatable bonds is 5. The Labute approximate surface area is 154 Å². The number of amides is 1. The Morgan fingerprint density at radius 2 is 1.65 bits per heavy atom. The molecule has 0 aromatic heterocycles. The first kappa shape index (κ1) is 18.1. The molecule has 0 fully saturated rings. The van der Waals surface area contributed by atoms with Crippen molar-refractivity contribution in [3.8, 4) is 17.2 Å². The van der Waals surface area contributed by atoms with Crippen LogP contribution in [0.3, 0.4) is 0 Å². The zero-order valence-electron chi connectivity index (χ0n) is 15.7. The van der Waals surface area contributed by atoms with Crippen molar-refractivity contribution in [1.29, 1.82) is 0 Å². The molecule has 1 amide bonds.